The molecule has 0 aromatic heterocycles. The lowest BCUT2D eigenvalue weighted by Gasteiger charge is -2.21. The van der Waals surface area contributed by atoms with Gasteiger partial charge in [-0.3, -0.25) is 0 Å². The molecule has 1 nitrogen and oxygen atoms in total. The minimum Gasteiger partial charge on any atom is -0.330 e. The van der Waals surface area contributed by atoms with E-state index >= 15 is 0 Å². The van der Waals surface area contributed by atoms with Gasteiger partial charge in [0.15, 0.2) is 0 Å². The third-order valence-electron chi connectivity index (χ3n) is 3.26. The Kier molecular flexibility index (Phi) is 7.13. The molecule has 0 saturated heterocycles. The maximum atomic E-state index is 5.79. The van der Waals surface area contributed by atoms with Crippen LogP contribution in [0.2, 0.25) is 0 Å². The van der Waals surface area contributed by atoms with Crippen LogP contribution < -0.4 is 5.73 Å². The molecule has 0 saturated carbocycles. The average Bonchev–Trinajstić information content (AvgIpc) is 2.27. The second kappa shape index (κ2) is 7.50. The molecule has 0 aliphatic carbocycles. The van der Waals surface area contributed by atoms with Crippen LogP contribution in [-0.4, -0.2) is 6.54 Å². The second-order valence-corrected chi connectivity index (χ2v) is 5.55. The van der Waals surface area contributed by atoms with Gasteiger partial charge in [0.2, 0.25) is 0 Å². The Bertz CT molecular complexity index is 305. The first kappa shape index (κ1) is 16.2. The summed E-state index contributed by atoms with van der Waals surface area (Å²) in [6, 6.07) is 0. The van der Waals surface area contributed by atoms with Crippen LogP contribution in [0.4, 0.5) is 0 Å². The maximum absolute atomic E-state index is 5.79. The Morgan fingerprint density at radius 3 is 2.29 bits per heavy atom. The first-order valence-electron chi connectivity index (χ1n) is 6.53. The van der Waals surface area contributed by atoms with Gasteiger partial charge in [-0.25, -0.2) is 0 Å². The van der Waals surface area contributed by atoms with Crippen molar-refractivity contribution < 1.29 is 0 Å². The summed E-state index contributed by atoms with van der Waals surface area (Å²) in [5.74, 6) is 0.594. The minimum absolute atomic E-state index is 0.0817. The van der Waals surface area contributed by atoms with Crippen LogP contribution in [0, 0.1) is 11.3 Å². The summed E-state index contributed by atoms with van der Waals surface area (Å²) in [4.78, 5) is 0. The fraction of sp³-hybridized carbons (Fsp3) is 0.625. The van der Waals surface area contributed by atoms with Crippen LogP contribution in [0.1, 0.15) is 48.0 Å². The van der Waals surface area contributed by atoms with E-state index in [1.807, 2.05) is 0 Å². The van der Waals surface area contributed by atoms with Gasteiger partial charge < -0.3 is 5.73 Å². The smallest absolute Gasteiger partial charge is 0.000907 e. The third-order valence-corrected chi connectivity index (χ3v) is 3.26. The van der Waals surface area contributed by atoms with Crippen molar-refractivity contribution in [3.63, 3.8) is 0 Å². The van der Waals surface area contributed by atoms with Crippen LogP contribution in [0.3, 0.4) is 0 Å². The van der Waals surface area contributed by atoms with Gasteiger partial charge in [0.05, 0.1) is 0 Å². The van der Waals surface area contributed by atoms with Crippen LogP contribution >= 0.6 is 0 Å². The van der Waals surface area contributed by atoms with E-state index in [9.17, 15) is 0 Å². The van der Waals surface area contributed by atoms with Gasteiger partial charge in [0, 0.05) is 6.54 Å². The second-order valence-electron chi connectivity index (χ2n) is 5.55. The van der Waals surface area contributed by atoms with E-state index in [4.69, 9.17) is 5.73 Å². The largest absolute Gasteiger partial charge is 0.330 e. The Morgan fingerprint density at radius 1 is 1.29 bits per heavy atom. The number of nitrogens with two attached hydrogens (primary N) is 1. The van der Waals surface area contributed by atoms with Crippen molar-refractivity contribution in [2.75, 3.05) is 6.54 Å². The van der Waals surface area contributed by atoms with Gasteiger partial charge in [-0.1, -0.05) is 56.2 Å². The number of hydrogen-bond acceptors (Lipinski definition) is 1. The Hall–Kier alpha value is -0.820. The average molecular weight is 235 g/mol. The number of allylic oxidation sites excluding steroid dienone is 5. The zero-order chi connectivity index (χ0) is 13.5. The summed E-state index contributed by atoms with van der Waals surface area (Å²) in [5, 5.41) is 0. The molecule has 17 heavy (non-hydrogen) atoms. The lowest BCUT2D eigenvalue weighted by atomic mass is 9.86. The minimum atomic E-state index is 0.0817. The van der Waals surface area contributed by atoms with Gasteiger partial charge in [-0.15, -0.1) is 0 Å². The monoisotopic (exact) mass is 235 g/mol. The van der Waals surface area contributed by atoms with E-state index < -0.39 is 0 Å². The Morgan fingerprint density at radius 2 is 1.88 bits per heavy atom. The SMILES string of the molecule is C/C=C\C(=C/C(C)(C)CN)CC(C)/C(C)=C\C. The summed E-state index contributed by atoms with van der Waals surface area (Å²) < 4.78 is 0. The summed E-state index contributed by atoms with van der Waals surface area (Å²) in [6.45, 7) is 13.7. The van der Waals surface area contributed by atoms with Crippen molar-refractivity contribution in [2.45, 2.75) is 48.0 Å². The highest BCUT2D eigenvalue weighted by Crippen LogP contribution is 2.25. The molecule has 1 heteroatoms. The summed E-state index contributed by atoms with van der Waals surface area (Å²) in [5.41, 5.74) is 8.70. The highest BCUT2D eigenvalue weighted by atomic mass is 14.6. The summed E-state index contributed by atoms with van der Waals surface area (Å²) in [7, 11) is 0. The highest BCUT2D eigenvalue weighted by molar-refractivity contribution is 5.23. The first-order chi connectivity index (χ1) is 7.86. The molecular weight excluding hydrogens is 206 g/mol. The molecule has 0 aromatic carbocycles. The first-order valence-corrected chi connectivity index (χ1v) is 6.53. The fourth-order valence-electron chi connectivity index (χ4n) is 1.75. The van der Waals surface area contributed by atoms with Gasteiger partial charge >= 0.3 is 0 Å². The van der Waals surface area contributed by atoms with Crippen molar-refractivity contribution >= 4 is 0 Å². The fourth-order valence-corrected chi connectivity index (χ4v) is 1.75. The topological polar surface area (TPSA) is 26.0 Å². The quantitative estimate of drug-likeness (QED) is 0.533. The maximum Gasteiger partial charge on any atom is 0.000907 e. The van der Waals surface area contributed by atoms with Gasteiger partial charge in [0.25, 0.3) is 0 Å². The van der Waals surface area contributed by atoms with E-state index in [2.05, 4.69) is 65.8 Å². The molecule has 0 aliphatic heterocycles. The molecular formula is C16H29N. The van der Waals surface area contributed by atoms with E-state index in [0.717, 1.165) is 6.42 Å². The highest BCUT2D eigenvalue weighted by Gasteiger charge is 2.14. The lowest BCUT2D eigenvalue weighted by Crippen LogP contribution is -2.21. The zero-order valence-corrected chi connectivity index (χ0v) is 12.4. The molecule has 98 valence electrons. The number of rotatable bonds is 6. The van der Waals surface area contributed by atoms with E-state index in [1.165, 1.54) is 11.1 Å². The molecule has 1 unspecified atom stereocenters. The van der Waals surface area contributed by atoms with E-state index in [-0.39, 0.29) is 5.41 Å². The zero-order valence-electron chi connectivity index (χ0n) is 12.4. The van der Waals surface area contributed by atoms with Crippen molar-refractivity contribution in [1.29, 1.82) is 0 Å². The molecule has 2 N–H and O–H groups in total. The van der Waals surface area contributed by atoms with Crippen LogP contribution in [-0.2, 0) is 0 Å². The summed E-state index contributed by atoms with van der Waals surface area (Å²) >= 11 is 0. The molecule has 1 atom stereocenters. The summed E-state index contributed by atoms with van der Waals surface area (Å²) in [6.07, 6.45) is 9.91. The third kappa shape index (κ3) is 6.48. The van der Waals surface area contributed by atoms with E-state index in [1.54, 1.807) is 0 Å². The molecule has 0 amide bonds. The molecule has 0 rings (SSSR count). The predicted octanol–water partition coefficient (Wildman–Crippen LogP) is 4.47. The van der Waals surface area contributed by atoms with Gasteiger partial charge in [0.1, 0.15) is 0 Å². The van der Waals surface area contributed by atoms with Crippen LogP contribution in [0.5, 0.6) is 0 Å². The van der Waals surface area contributed by atoms with Crippen LogP contribution in [0.25, 0.3) is 0 Å². The molecule has 0 aromatic rings. The molecule has 0 radical (unpaired) electrons. The molecule has 0 heterocycles. The van der Waals surface area contributed by atoms with Crippen molar-refractivity contribution in [3.05, 3.63) is 35.5 Å². The van der Waals surface area contributed by atoms with Crippen molar-refractivity contribution in [3.8, 4) is 0 Å². The van der Waals surface area contributed by atoms with Crippen molar-refractivity contribution in [1.82, 2.24) is 0 Å². The lowest BCUT2D eigenvalue weighted by molar-refractivity contribution is 0.489. The molecule has 0 bridgehead atoms. The van der Waals surface area contributed by atoms with E-state index in [0.29, 0.717) is 12.5 Å². The Labute approximate surface area is 107 Å². The van der Waals surface area contributed by atoms with Crippen molar-refractivity contribution in [2.24, 2.45) is 17.1 Å². The van der Waals surface area contributed by atoms with Gasteiger partial charge in [-0.2, -0.15) is 0 Å². The normalized spacial score (nSPS) is 16.6. The molecule has 0 aliphatic rings. The molecule has 0 fully saturated rings. The van der Waals surface area contributed by atoms with Crippen LogP contribution in [0.15, 0.2) is 35.5 Å². The molecule has 0 spiro atoms. The Balaban J connectivity index is 4.89. The number of hydrogen-bond donors (Lipinski definition) is 1. The standard InChI is InChI=1S/C16H29N/c1-7-9-15(11-16(5,6)12-17)10-14(4)13(3)8-2/h7-9,11,14H,10,12,17H2,1-6H3/b9-7-,13-8-,15-11+. The van der Waals surface area contributed by atoms with Gasteiger partial charge in [-0.05, 0) is 38.5 Å². The predicted molar refractivity (Wildman–Crippen MR) is 78.9 cm³/mol.